The zero-order valence-electron chi connectivity index (χ0n) is 13.1. The Kier molecular flexibility index (Phi) is 5.95. The van der Waals surface area contributed by atoms with Crippen molar-refractivity contribution in [1.82, 2.24) is 9.80 Å². The fourth-order valence-corrected chi connectivity index (χ4v) is 2.87. The van der Waals surface area contributed by atoms with Crippen molar-refractivity contribution < 1.29 is 14.7 Å². The van der Waals surface area contributed by atoms with Crippen molar-refractivity contribution in [2.45, 2.75) is 32.7 Å². The van der Waals surface area contributed by atoms with Crippen molar-refractivity contribution in [2.24, 2.45) is 0 Å². The van der Waals surface area contributed by atoms with Gasteiger partial charge in [0.25, 0.3) is 5.91 Å². The van der Waals surface area contributed by atoms with Crippen LogP contribution in [0.4, 0.5) is 0 Å². The van der Waals surface area contributed by atoms with Gasteiger partial charge in [0.05, 0.1) is 0 Å². The standard InChI is InChI=1S/C17H24N2O3/c1-2-8-19(13-16(20)21)17(22)15-7-5-6-14(11-15)12-18-9-3-4-10-18/h5-7,11H,2-4,8-10,12-13H2,1H3,(H,20,21). The first-order valence-electron chi connectivity index (χ1n) is 7.92. The van der Waals surface area contributed by atoms with Crippen molar-refractivity contribution in [1.29, 1.82) is 0 Å². The molecule has 1 saturated heterocycles. The van der Waals surface area contributed by atoms with E-state index in [0.717, 1.165) is 31.6 Å². The molecule has 0 aliphatic carbocycles. The van der Waals surface area contributed by atoms with Gasteiger partial charge in [0.1, 0.15) is 6.54 Å². The van der Waals surface area contributed by atoms with E-state index in [-0.39, 0.29) is 12.5 Å². The maximum Gasteiger partial charge on any atom is 0.323 e. The first-order valence-corrected chi connectivity index (χ1v) is 7.92. The van der Waals surface area contributed by atoms with Crippen molar-refractivity contribution in [3.8, 4) is 0 Å². The number of nitrogens with zero attached hydrogens (tertiary/aromatic N) is 2. The monoisotopic (exact) mass is 304 g/mol. The van der Waals surface area contributed by atoms with Crippen molar-refractivity contribution in [3.05, 3.63) is 35.4 Å². The smallest absolute Gasteiger partial charge is 0.323 e. The van der Waals surface area contributed by atoms with Gasteiger partial charge in [-0.1, -0.05) is 19.1 Å². The van der Waals surface area contributed by atoms with Gasteiger partial charge in [-0.05, 0) is 50.0 Å². The summed E-state index contributed by atoms with van der Waals surface area (Å²) in [5.74, 6) is -1.18. The van der Waals surface area contributed by atoms with Gasteiger partial charge in [0.15, 0.2) is 0 Å². The summed E-state index contributed by atoms with van der Waals surface area (Å²) in [4.78, 5) is 27.2. The lowest BCUT2D eigenvalue weighted by molar-refractivity contribution is -0.137. The summed E-state index contributed by atoms with van der Waals surface area (Å²) in [6.45, 7) is 5.22. The minimum absolute atomic E-state index is 0.201. The molecule has 5 nitrogen and oxygen atoms in total. The molecule has 1 amide bonds. The average Bonchev–Trinajstić information content (AvgIpc) is 2.99. The summed E-state index contributed by atoms with van der Waals surface area (Å²) in [6, 6.07) is 7.56. The number of aliphatic carboxylic acids is 1. The Balaban J connectivity index is 2.08. The second-order valence-corrected chi connectivity index (χ2v) is 5.80. The lowest BCUT2D eigenvalue weighted by Crippen LogP contribution is -2.36. The molecule has 120 valence electrons. The molecule has 1 fully saturated rings. The SMILES string of the molecule is CCCN(CC(=O)O)C(=O)c1cccc(CN2CCCC2)c1. The van der Waals surface area contributed by atoms with Crippen LogP contribution in [0.1, 0.15) is 42.1 Å². The maximum absolute atomic E-state index is 12.5. The highest BCUT2D eigenvalue weighted by Gasteiger charge is 2.18. The number of likely N-dealkylation sites (tertiary alicyclic amines) is 1. The van der Waals surface area contributed by atoms with Gasteiger partial charge in [0, 0.05) is 18.7 Å². The molecule has 5 heteroatoms. The fourth-order valence-electron chi connectivity index (χ4n) is 2.87. The van der Waals surface area contributed by atoms with E-state index >= 15 is 0 Å². The molecular formula is C17H24N2O3. The number of rotatable bonds is 7. The van der Waals surface area contributed by atoms with Crippen LogP contribution >= 0.6 is 0 Å². The Bertz CT molecular complexity index is 524. The summed E-state index contributed by atoms with van der Waals surface area (Å²) in [5.41, 5.74) is 1.69. The third-order valence-electron chi connectivity index (χ3n) is 3.89. The minimum atomic E-state index is -0.977. The van der Waals surface area contributed by atoms with E-state index in [0.29, 0.717) is 12.1 Å². The topological polar surface area (TPSA) is 60.9 Å². The molecule has 1 aromatic carbocycles. The molecule has 2 rings (SSSR count). The van der Waals surface area contributed by atoms with Crippen LogP contribution in [0.2, 0.25) is 0 Å². The quantitative estimate of drug-likeness (QED) is 0.839. The lowest BCUT2D eigenvalue weighted by Gasteiger charge is -2.21. The van der Waals surface area contributed by atoms with E-state index in [9.17, 15) is 9.59 Å². The van der Waals surface area contributed by atoms with Crippen LogP contribution in [0.25, 0.3) is 0 Å². The van der Waals surface area contributed by atoms with E-state index in [1.54, 1.807) is 6.07 Å². The number of carbonyl (C=O) groups excluding carboxylic acids is 1. The van der Waals surface area contributed by atoms with Crippen LogP contribution in [-0.2, 0) is 11.3 Å². The zero-order valence-corrected chi connectivity index (χ0v) is 13.1. The molecule has 0 saturated carbocycles. The van der Waals surface area contributed by atoms with Crippen molar-refractivity contribution >= 4 is 11.9 Å². The van der Waals surface area contributed by atoms with E-state index in [4.69, 9.17) is 5.11 Å². The van der Waals surface area contributed by atoms with Crippen LogP contribution < -0.4 is 0 Å². The molecule has 1 N–H and O–H groups in total. The molecule has 1 aliphatic heterocycles. The van der Waals surface area contributed by atoms with Crippen LogP contribution in [0, 0.1) is 0 Å². The Hall–Kier alpha value is -1.88. The second kappa shape index (κ2) is 7.94. The fraction of sp³-hybridized carbons (Fsp3) is 0.529. The summed E-state index contributed by atoms with van der Waals surface area (Å²) in [7, 11) is 0. The van der Waals surface area contributed by atoms with Gasteiger partial charge >= 0.3 is 5.97 Å². The number of benzene rings is 1. The molecule has 0 aromatic heterocycles. The van der Waals surface area contributed by atoms with Crippen molar-refractivity contribution in [3.63, 3.8) is 0 Å². The highest BCUT2D eigenvalue weighted by molar-refractivity contribution is 5.96. The zero-order chi connectivity index (χ0) is 15.9. The van der Waals surface area contributed by atoms with Crippen molar-refractivity contribution in [2.75, 3.05) is 26.2 Å². The molecule has 1 aromatic rings. The van der Waals surface area contributed by atoms with Crippen LogP contribution in [0.15, 0.2) is 24.3 Å². The van der Waals surface area contributed by atoms with E-state index in [1.165, 1.54) is 17.7 Å². The molecule has 0 spiro atoms. The van der Waals surface area contributed by atoms with Crippen LogP contribution in [-0.4, -0.2) is 53.0 Å². The third-order valence-corrected chi connectivity index (χ3v) is 3.89. The molecule has 0 unspecified atom stereocenters. The molecule has 22 heavy (non-hydrogen) atoms. The number of hydrogen-bond donors (Lipinski definition) is 1. The number of carboxylic acids is 1. The highest BCUT2D eigenvalue weighted by atomic mass is 16.4. The number of amides is 1. The molecule has 0 atom stereocenters. The maximum atomic E-state index is 12.5. The summed E-state index contributed by atoms with van der Waals surface area (Å²) < 4.78 is 0. The van der Waals surface area contributed by atoms with E-state index in [1.807, 2.05) is 25.1 Å². The van der Waals surface area contributed by atoms with E-state index < -0.39 is 5.97 Å². The first kappa shape index (κ1) is 16.5. The normalized spacial score (nSPS) is 15.0. The third kappa shape index (κ3) is 4.56. The Morgan fingerprint density at radius 2 is 2.00 bits per heavy atom. The summed E-state index contributed by atoms with van der Waals surface area (Å²) >= 11 is 0. The van der Waals surface area contributed by atoms with Gasteiger partial charge in [-0.25, -0.2) is 0 Å². The molecule has 1 heterocycles. The Morgan fingerprint density at radius 1 is 1.27 bits per heavy atom. The highest BCUT2D eigenvalue weighted by Crippen LogP contribution is 2.15. The van der Waals surface area contributed by atoms with Crippen LogP contribution in [0.5, 0.6) is 0 Å². The van der Waals surface area contributed by atoms with Crippen LogP contribution in [0.3, 0.4) is 0 Å². The van der Waals surface area contributed by atoms with Gasteiger partial charge < -0.3 is 10.0 Å². The van der Waals surface area contributed by atoms with Gasteiger partial charge in [-0.2, -0.15) is 0 Å². The first-order chi connectivity index (χ1) is 10.6. The predicted octanol–water partition coefficient (Wildman–Crippen LogP) is 2.22. The summed E-state index contributed by atoms with van der Waals surface area (Å²) in [5, 5.41) is 8.95. The van der Waals surface area contributed by atoms with E-state index in [2.05, 4.69) is 4.90 Å². The predicted molar refractivity (Wildman–Crippen MR) is 84.8 cm³/mol. The molecule has 1 aliphatic rings. The molecule has 0 radical (unpaired) electrons. The lowest BCUT2D eigenvalue weighted by atomic mass is 10.1. The number of carbonyl (C=O) groups is 2. The number of hydrogen-bond acceptors (Lipinski definition) is 3. The molecular weight excluding hydrogens is 280 g/mol. The average molecular weight is 304 g/mol. The van der Waals surface area contributed by atoms with Gasteiger partial charge in [-0.15, -0.1) is 0 Å². The second-order valence-electron chi connectivity index (χ2n) is 5.80. The van der Waals surface area contributed by atoms with Gasteiger partial charge in [-0.3, -0.25) is 14.5 Å². The Morgan fingerprint density at radius 3 is 2.64 bits per heavy atom. The van der Waals surface area contributed by atoms with Gasteiger partial charge in [0.2, 0.25) is 0 Å². The summed E-state index contributed by atoms with van der Waals surface area (Å²) in [6.07, 6.45) is 3.22. The molecule has 0 bridgehead atoms. The minimum Gasteiger partial charge on any atom is -0.480 e. The largest absolute Gasteiger partial charge is 0.480 e. The number of carboxylic acid groups (broad SMARTS) is 1. The Labute approximate surface area is 131 Å².